The van der Waals surface area contributed by atoms with Crippen LogP contribution in [0.4, 0.5) is 4.79 Å². The molecule has 1 aromatic carbocycles. The van der Waals surface area contributed by atoms with Crippen LogP contribution in [0.5, 0.6) is 0 Å². The number of hydroxylamine groups is 2. The molecule has 6 heteroatoms. The van der Waals surface area contributed by atoms with Gasteiger partial charge in [-0.25, -0.2) is 4.79 Å². The van der Waals surface area contributed by atoms with E-state index in [4.69, 9.17) is 4.84 Å². The fourth-order valence-corrected chi connectivity index (χ4v) is 3.19. The number of carbonyl (C=O) groups excluding carboxylic acids is 1. The summed E-state index contributed by atoms with van der Waals surface area (Å²) in [5.74, 6) is 0. The van der Waals surface area contributed by atoms with Crippen molar-refractivity contribution in [1.29, 1.82) is 0 Å². The Morgan fingerprint density at radius 3 is 2.96 bits per heavy atom. The van der Waals surface area contributed by atoms with Crippen LogP contribution in [-0.2, 0) is 24.5 Å². The van der Waals surface area contributed by atoms with Gasteiger partial charge in [-0.05, 0) is 5.56 Å². The minimum absolute atomic E-state index is 0.0766. The maximum atomic E-state index is 12.5. The van der Waals surface area contributed by atoms with Crippen molar-refractivity contribution < 1.29 is 9.63 Å². The molecule has 1 fully saturated rings. The number of carbonyl (C=O) groups is 1. The van der Waals surface area contributed by atoms with E-state index in [0.717, 1.165) is 16.8 Å². The van der Waals surface area contributed by atoms with E-state index >= 15 is 0 Å². The molecule has 2 aromatic rings. The van der Waals surface area contributed by atoms with Gasteiger partial charge in [0.2, 0.25) is 0 Å². The van der Waals surface area contributed by atoms with Gasteiger partial charge in [0.05, 0.1) is 31.5 Å². The number of fused-ring (bicyclic) bond motifs is 4. The molecule has 2 aliphatic heterocycles. The van der Waals surface area contributed by atoms with Crippen molar-refractivity contribution in [1.82, 2.24) is 19.7 Å². The van der Waals surface area contributed by atoms with Crippen LogP contribution in [0.15, 0.2) is 49.2 Å². The number of hydrogen-bond acceptors (Lipinski definition) is 3. The lowest BCUT2D eigenvalue weighted by atomic mass is 10.1. The predicted octanol–water partition coefficient (Wildman–Crippen LogP) is 2.49. The first-order valence-electron chi connectivity index (χ1n) is 7.68. The van der Waals surface area contributed by atoms with E-state index in [1.165, 1.54) is 5.06 Å². The molecule has 0 N–H and O–H groups in total. The van der Waals surface area contributed by atoms with E-state index < -0.39 is 0 Å². The average Bonchev–Trinajstić information content (AvgIpc) is 3.09. The Morgan fingerprint density at radius 2 is 2.17 bits per heavy atom. The third kappa shape index (κ3) is 2.31. The molecule has 1 atom stereocenters. The van der Waals surface area contributed by atoms with E-state index in [1.54, 1.807) is 4.90 Å². The zero-order chi connectivity index (χ0) is 15.8. The number of allylic oxidation sites excluding steroid dienone is 1. The fourth-order valence-electron chi connectivity index (χ4n) is 3.19. The lowest BCUT2D eigenvalue weighted by molar-refractivity contribution is -0.141. The number of benzene rings is 1. The summed E-state index contributed by atoms with van der Waals surface area (Å²) >= 11 is 0. The Hall–Kier alpha value is -2.60. The Labute approximate surface area is 134 Å². The van der Waals surface area contributed by atoms with E-state index in [9.17, 15) is 4.79 Å². The van der Waals surface area contributed by atoms with E-state index in [0.29, 0.717) is 26.2 Å². The van der Waals surface area contributed by atoms with Crippen molar-refractivity contribution in [2.75, 3.05) is 6.54 Å². The molecule has 0 radical (unpaired) electrons. The smallest absolute Gasteiger partial charge is 0.314 e. The highest BCUT2D eigenvalue weighted by Gasteiger charge is 2.45. The molecule has 3 heterocycles. The first-order valence-corrected chi connectivity index (χ1v) is 7.68. The third-order valence-corrected chi connectivity index (χ3v) is 4.33. The number of urea groups is 1. The molecule has 0 aliphatic carbocycles. The van der Waals surface area contributed by atoms with Crippen LogP contribution in [0.1, 0.15) is 22.9 Å². The molecule has 2 bridgehead atoms. The summed E-state index contributed by atoms with van der Waals surface area (Å²) in [4.78, 5) is 20.2. The average molecular weight is 310 g/mol. The molecule has 1 saturated heterocycles. The van der Waals surface area contributed by atoms with Gasteiger partial charge < -0.3 is 4.90 Å². The summed E-state index contributed by atoms with van der Waals surface area (Å²) in [5, 5.41) is 5.91. The molecule has 4 rings (SSSR count). The van der Waals surface area contributed by atoms with Crippen LogP contribution in [0.2, 0.25) is 0 Å². The number of hydrogen-bond donors (Lipinski definition) is 0. The molecule has 0 saturated carbocycles. The minimum atomic E-state index is -0.0893. The summed E-state index contributed by atoms with van der Waals surface area (Å²) in [7, 11) is 0. The van der Waals surface area contributed by atoms with Gasteiger partial charge in [0.25, 0.3) is 0 Å². The van der Waals surface area contributed by atoms with Crippen molar-refractivity contribution in [3.8, 4) is 0 Å². The molecule has 23 heavy (non-hydrogen) atoms. The molecule has 6 nitrogen and oxygen atoms in total. The topological polar surface area (TPSA) is 50.6 Å². The second-order valence-electron chi connectivity index (χ2n) is 5.78. The van der Waals surface area contributed by atoms with Gasteiger partial charge in [0.1, 0.15) is 12.6 Å². The van der Waals surface area contributed by atoms with Crippen molar-refractivity contribution in [2.24, 2.45) is 0 Å². The van der Waals surface area contributed by atoms with E-state index in [2.05, 4.69) is 11.7 Å². The van der Waals surface area contributed by atoms with Crippen molar-refractivity contribution in [3.05, 3.63) is 66.0 Å². The van der Waals surface area contributed by atoms with Crippen LogP contribution < -0.4 is 0 Å². The minimum Gasteiger partial charge on any atom is -0.314 e. The molecule has 1 aromatic heterocycles. The molecule has 118 valence electrons. The lowest BCUT2D eigenvalue weighted by Crippen LogP contribution is -2.31. The Balaban J connectivity index is 1.57. The molecule has 2 amide bonds. The predicted molar refractivity (Wildman–Crippen MR) is 84.0 cm³/mol. The maximum Gasteiger partial charge on any atom is 0.345 e. The Bertz CT molecular complexity index is 740. The second-order valence-corrected chi connectivity index (χ2v) is 5.78. The molecule has 0 spiro atoms. The second kappa shape index (κ2) is 5.55. The van der Waals surface area contributed by atoms with E-state index in [1.807, 2.05) is 47.3 Å². The van der Waals surface area contributed by atoms with Gasteiger partial charge in [-0.1, -0.05) is 36.4 Å². The van der Waals surface area contributed by atoms with Gasteiger partial charge in [-0.3, -0.25) is 9.52 Å². The lowest BCUT2D eigenvalue weighted by Gasteiger charge is -2.23. The fraction of sp³-hybridized carbons (Fsp3) is 0.294. The zero-order valence-electron chi connectivity index (χ0n) is 12.8. The largest absolute Gasteiger partial charge is 0.345 e. The van der Waals surface area contributed by atoms with Crippen molar-refractivity contribution in [2.45, 2.75) is 25.7 Å². The highest BCUT2D eigenvalue weighted by molar-refractivity contribution is 5.77. The maximum absolute atomic E-state index is 12.5. The highest BCUT2D eigenvalue weighted by atomic mass is 16.7. The van der Waals surface area contributed by atoms with Crippen LogP contribution in [0.25, 0.3) is 0 Å². The summed E-state index contributed by atoms with van der Waals surface area (Å²) in [6, 6.07) is 9.69. The molecular formula is C17H18N4O2. The van der Waals surface area contributed by atoms with Crippen LogP contribution in [0.3, 0.4) is 0 Å². The summed E-state index contributed by atoms with van der Waals surface area (Å²) < 4.78 is 1.90. The van der Waals surface area contributed by atoms with Crippen LogP contribution in [-0.4, -0.2) is 32.3 Å². The zero-order valence-corrected chi connectivity index (χ0v) is 12.8. The molecule has 2 aliphatic rings. The van der Waals surface area contributed by atoms with Gasteiger partial charge in [0.15, 0.2) is 0 Å². The Morgan fingerprint density at radius 1 is 1.35 bits per heavy atom. The first-order chi connectivity index (χ1) is 11.3. The summed E-state index contributed by atoms with van der Waals surface area (Å²) in [6.45, 7) is 6.01. The molecule has 1 unspecified atom stereocenters. The highest BCUT2D eigenvalue weighted by Crippen LogP contribution is 2.38. The number of amides is 2. The van der Waals surface area contributed by atoms with Gasteiger partial charge >= 0.3 is 6.03 Å². The van der Waals surface area contributed by atoms with Crippen molar-refractivity contribution >= 4 is 6.03 Å². The van der Waals surface area contributed by atoms with Crippen molar-refractivity contribution in [3.63, 3.8) is 0 Å². The van der Waals surface area contributed by atoms with Gasteiger partial charge in [-0.2, -0.15) is 10.2 Å². The number of nitrogens with zero attached hydrogens (tertiary/aromatic N) is 4. The van der Waals surface area contributed by atoms with Crippen LogP contribution >= 0.6 is 0 Å². The summed E-state index contributed by atoms with van der Waals surface area (Å²) in [5.41, 5.74) is 3.18. The Kier molecular flexibility index (Phi) is 3.38. The number of rotatable bonds is 5. The first kappa shape index (κ1) is 14.0. The van der Waals surface area contributed by atoms with Gasteiger partial charge in [-0.15, -0.1) is 6.58 Å². The normalized spacial score (nSPS) is 19.1. The SMILES string of the molecule is C=CCn1ncc2c1CN1CC2N(OCc2ccccc2)C1=O. The molecular weight excluding hydrogens is 292 g/mol. The number of aromatic nitrogens is 2. The van der Waals surface area contributed by atoms with Gasteiger partial charge in [0, 0.05) is 5.56 Å². The van der Waals surface area contributed by atoms with Crippen LogP contribution in [0, 0.1) is 0 Å². The monoisotopic (exact) mass is 310 g/mol. The van der Waals surface area contributed by atoms with E-state index in [-0.39, 0.29) is 12.1 Å². The standard InChI is InChI=1S/C17H18N4O2/c1-2-8-20-15-10-19-11-16(14(15)9-18-20)21(17(19)22)23-12-13-6-4-3-5-7-13/h2-7,9,16H,1,8,10-12H2. The quantitative estimate of drug-likeness (QED) is 0.797. The summed E-state index contributed by atoms with van der Waals surface area (Å²) in [6.07, 6.45) is 3.66. The third-order valence-electron chi connectivity index (χ3n) is 4.33.